The van der Waals surface area contributed by atoms with E-state index < -0.39 is 12.0 Å². The van der Waals surface area contributed by atoms with Crippen LogP contribution in [0.5, 0.6) is 5.75 Å². The van der Waals surface area contributed by atoms with E-state index in [0.29, 0.717) is 23.4 Å². The number of fused-ring (bicyclic) bond motifs is 1. The Kier molecular flexibility index (Phi) is 6.37. The van der Waals surface area contributed by atoms with Crippen molar-refractivity contribution in [1.82, 2.24) is 9.55 Å². The van der Waals surface area contributed by atoms with Crippen molar-refractivity contribution in [2.24, 2.45) is 5.92 Å². The largest absolute Gasteiger partial charge is 0.494 e. The molecule has 1 atom stereocenters. The summed E-state index contributed by atoms with van der Waals surface area (Å²) >= 11 is 1.47. The fourth-order valence-corrected chi connectivity index (χ4v) is 4.11. The number of thiophene rings is 1. The number of benzene rings is 1. The Bertz CT molecular complexity index is 1070. The summed E-state index contributed by atoms with van der Waals surface area (Å²) in [7, 11) is 0. The van der Waals surface area contributed by atoms with E-state index >= 15 is 0 Å². The van der Waals surface area contributed by atoms with E-state index in [0.717, 1.165) is 21.8 Å². The molecule has 154 valence electrons. The van der Waals surface area contributed by atoms with Gasteiger partial charge < -0.3 is 9.47 Å². The first kappa shape index (κ1) is 21.0. The maximum Gasteiger partial charge on any atom is 0.329 e. The van der Waals surface area contributed by atoms with Crippen molar-refractivity contribution >= 4 is 27.5 Å². The predicted octanol–water partition coefficient (Wildman–Crippen LogP) is 4.59. The van der Waals surface area contributed by atoms with Crippen molar-refractivity contribution in [2.75, 3.05) is 13.2 Å². The minimum atomic E-state index is -0.744. The molecule has 3 rings (SSSR count). The number of hydrogen-bond donors (Lipinski definition) is 0. The lowest BCUT2D eigenvalue weighted by Gasteiger charge is -2.15. The maximum absolute atomic E-state index is 13.3. The minimum Gasteiger partial charge on any atom is -0.494 e. The molecule has 0 saturated heterocycles. The number of aromatic nitrogens is 2. The van der Waals surface area contributed by atoms with Gasteiger partial charge in [0.2, 0.25) is 0 Å². The summed E-state index contributed by atoms with van der Waals surface area (Å²) in [5.74, 6) is 0.580. The van der Waals surface area contributed by atoms with Crippen molar-refractivity contribution in [2.45, 2.75) is 40.7 Å². The highest BCUT2D eigenvalue weighted by molar-refractivity contribution is 7.19. The average molecular weight is 415 g/mol. The Morgan fingerprint density at radius 1 is 1.21 bits per heavy atom. The minimum absolute atomic E-state index is 0.231. The van der Waals surface area contributed by atoms with Gasteiger partial charge in [-0.25, -0.2) is 9.78 Å². The lowest BCUT2D eigenvalue weighted by Crippen LogP contribution is -2.30. The van der Waals surface area contributed by atoms with Crippen LogP contribution in [0.4, 0.5) is 0 Å². The van der Waals surface area contributed by atoms with Gasteiger partial charge in [0.1, 0.15) is 16.6 Å². The Morgan fingerprint density at radius 2 is 1.90 bits per heavy atom. The average Bonchev–Trinajstić information content (AvgIpc) is 3.03. The molecule has 0 N–H and O–H groups in total. The summed E-state index contributed by atoms with van der Waals surface area (Å²) < 4.78 is 12.2. The highest BCUT2D eigenvalue weighted by Crippen LogP contribution is 2.36. The monoisotopic (exact) mass is 414 g/mol. The number of ether oxygens (including phenoxy) is 2. The third-order valence-corrected chi connectivity index (χ3v) is 5.60. The molecule has 0 aliphatic heterocycles. The molecule has 7 heteroatoms. The van der Waals surface area contributed by atoms with E-state index in [1.165, 1.54) is 22.2 Å². The van der Waals surface area contributed by atoms with E-state index in [2.05, 4.69) is 4.98 Å². The van der Waals surface area contributed by atoms with Gasteiger partial charge in [0.15, 0.2) is 0 Å². The molecule has 0 spiro atoms. The Morgan fingerprint density at radius 3 is 2.52 bits per heavy atom. The van der Waals surface area contributed by atoms with Crippen molar-refractivity contribution in [1.29, 1.82) is 0 Å². The zero-order chi connectivity index (χ0) is 21.1. The second-order valence-electron chi connectivity index (χ2n) is 7.33. The van der Waals surface area contributed by atoms with Gasteiger partial charge in [-0.3, -0.25) is 9.36 Å². The Hall–Kier alpha value is -2.67. The highest BCUT2D eigenvalue weighted by atomic mass is 32.1. The molecule has 0 radical (unpaired) electrons. The fourth-order valence-electron chi connectivity index (χ4n) is 3.11. The number of hydrogen-bond acceptors (Lipinski definition) is 6. The van der Waals surface area contributed by atoms with Crippen LogP contribution >= 0.6 is 11.3 Å². The van der Waals surface area contributed by atoms with Gasteiger partial charge in [-0.2, -0.15) is 0 Å². The summed E-state index contributed by atoms with van der Waals surface area (Å²) in [6.45, 7) is 10.4. The molecule has 0 fully saturated rings. The molecule has 2 heterocycles. The molecule has 1 aromatic carbocycles. The Labute approximate surface area is 174 Å². The van der Waals surface area contributed by atoms with E-state index in [-0.39, 0.29) is 11.5 Å². The van der Waals surface area contributed by atoms with Gasteiger partial charge in [0.25, 0.3) is 5.56 Å². The second kappa shape index (κ2) is 8.78. The standard InChI is InChI=1S/C22H26N2O4S/c1-6-27-17-9-7-16(8-10-17)18-15(5)29-20-19(18)21(25)24(12-23-20)14(4)22(26)28-11-13(2)3/h7-10,12-14H,6,11H2,1-5H3/t14-/m1/s1. The van der Waals surface area contributed by atoms with Crippen LogP contribution in [0.3, 0.4) is 0 Å². The van der Waals surface area contributed by atoms with Gasteiger partial charge >= 0.3 is 5.97 Å². The molecule has 29 heavy (non-hydrogen) atoms. The van der Waals surface area contributed by atoms with Crippen molar-refractivity contribution in [3.8, 4) is 16.9 Å². The molecule has 2 aromatic heterocycles. The molecular formula is C22H26N2O4S. The number of aryl methyl sites for hydroxylation is 1. The first-order chi connectivity index (χ1) is 13.8. The molecule has 0 bridgehead atoms. The normalized spacial score (nSPS) is 12.3. The number of esters is 1. The topological polar surface area (TPSA) is 70.4 Å². The number of nitrogens with zero attached hydrogens (tertiary/aromatic N) is 2. The predicted molar refractivity (Wildman–Crippen MR) is 116 cm³/mol. The lowest BCUT2D eigenvalue weighted by atomic mass is 10.0. The number of rotatable bonds is 7. The zero-order valence-electron chi connectivity index (χ0n) is 17.4. The highest BCUT2D eigenvalue weighted by Gasteiger charge is 2.23. The zero-order valence-corrected chi connectivity index (χ0v) is 18.2. The quantitative estimate of drug-likeness (QED) is 0.529. The molecule has 6 nitrogen and oxygen atoms in total. The van der Waals surface area contributed by atoms with E-state index in [1.807, 2.05) is 52.0 Å². The summed E-state index contributed by atoms with van der Waals surface area (Å²) in [5.41, 5.74) is 1.53. The van der Waals surface area contributed by atoms with Gasteiger partial charge in [0, 0.05) is 10.4 Å². The number of carbonyl (C=O) groups is 1. The van der Waals surface area contributed by atoms with Gasteiger partial charge in [-0.1, -0.05) is 26.0 Å². The van der Waals surface area contributed by atoms with Gasteiger partial charge in [0.05, 0.1) is 24.9 Å². The number of carbonyl (C=O) groups excluding carboxylic acids is 1. The SMILES string of the molecule is CCOc1ccc(-c2c(C)sc3ncn([C@H](C)C(=O)OCC(C)C)c(=O)c23)cc1. The molecule has 0 amide bonds. The van der Waals surface area contributed by atoms with Crippen LogP contribution in [-0.4, -0.2) is 28.7 Å². The van der Waals surface area contributed by atoms with Crippen LogP contribution in [0.1, 0.15) is 38.6 Å². The molecule has 0 saturated carbocycles. The summed E-state index contributed by atoms with van der Waals surface area (Å²) in [6.07, 6.45) is 1.43. The smallest absolute Gasteiger partial charge is 0.329 e. The fraction of sp³-hybridized carbons (Fsp3) is 0.409. The second-order valence-corrected chi connectivity index (χ2v) is 8.53. The van der Waals surface area contributed by atoms with E-state index in [1.54, 1.807) is 6.92 Å². The van der Waals surface area contributed by atoms with Crippen LogP contribution in [0, 0.1) is 12.8 Å². The van der Waals surface area contributed by atoms with Crippen LogP contribution in [-0.2, 0) is 9.53 Å². The molecule has 0 aliphatic rings. The van der Waals surface area contributed by atoms with Gasteiger partial charge in [-0.05, 0) is 44.4 Å². The van der Waals surface area contributed by atoms with Crippen molar-refractivity contribution in [3.05, 3.63) is 45.8 Å². The molecule has 3 aromatic rings. The first-order valence-corrected chi connectivity index (χ1v) is 10.5. The van der Waals surface area contributed by atoms with Crippen molar-refractivity contribution in [3.63, 3.8) is 0 Å². The Balaban J connectivity index is 2.04. The van der Waals surface area contributed by atoms with Crippen molar-refractivity contribution < 1.29 is 14.3 Å². The van der Waals surface area contributed by atoms with Crippen LogP contribution in [0.15, 0.2) is 35.4 Å². The lowest BCUT2D eigenvalue weighted by molar-refractivity contribution is -0.148. The van der Waals surface area contributed by atoms with E-state index in [9.17, 15) is 9.59 Å². The molecular weight excluding hydrogens is 388 g/mol. The van der Waals surface area contributed by atoms with Crippen LogP contribution in [0.2, 0.25) is 0 Å². The summed E-state index contributed by atoms with van der Waals surface area (Å²) in [6, 6.07) is 6.92. The van der Waals surface area contributed by atoms with E-state index in [4.69, 9.17) is 9.47 Å². The maximum atomic E-state index is 13.3. The molecule has 0 unspecified atom stereocenters. The molecule has 0 aliphatic carbocycles. The third-order valence-electron chi connectivity index (χ3n) is 4.58. The van der Waals surface area contributed by atoms with Crippen LogP contribution < -0.4 is 10.3 Å². The summed E-state index contributed by atoms with van der Waals surface area (Å²) in [5, 5.41) is 0.530. The third kappa shape index (κ3) is 4.34. The van der Waals surface area contributed by atoms with Gasteiger partial charge in [-0.15, -0.1) is 11.3 Å². The first-order valence-electron chi connectivity index (χ1n) is 9.73. The summed E-state index contributed by atoms with van der Waals surface area (Å²) in [4.78, 5) is 31.8. The van der Waals surface area contributed by atoms with Crippen LogP contribution in [0.25, 0.3) is 21.3 Å².